The Morgan fingerprint density at radius 3 is 2.61 bits per heavy atom. The zero-order valence-corrected chi connectivity index (χ0v) is 16.0. The van der Waals surface area contributed by atoms with Crippen LogP contribution in [0.1, 0.15) is 52.0 Å². The van der Waals surface area contributed by atoms with E-state index in [0.29, 0.717) is 28.3 Å². The van der Waals surface area contributed by atoms with Crippen LogP contribution < -0.4 is 0 Å². The molecule has 0 saturated carbocycles. The molecule has 4 heteroatoms. The summed E-state index contributed by atoms with van der Waals surface area (Å²) < 4.78 is 0. The minimum Gasteiger partial charge on any atom is -0.303 e. The standard InChI is InChI=1S/C19H27Cl2NO/c1-5-14-10-9-13(12-22(14)4)17(23)11-19(2,3)15-7-6-8-16(20)18(15)21/h6-8,13-14H,5,9-12H2,1-4H3. The normalized spacial score (nSPS) is 23.0. The van der Waals surface area contributed by atoms with Gasteiger partial charge in [-0.05, 0) is 43.4 Å². The Balaban J connectivity index is 2.08. The Morgan fingerprint density at radius 2 is 2.00 bits per heavy atom. The molecule has 0 spiro atoms. The highest BCUT2D eigenvalue weighted by atomic mass is 35.5. The fourth-order valence-corrected chi connectivity index (χ4v) is 4.24. The maximum Gasteiger partial charge on any atom is 0.138 e. The smallest absolute Gasteiger partial charge is 0.138 e. The number of likely N-dealkylation sites (tertiary alicyclic amines) is 1. The first-order valence-electron chi connectivity index (χ1n) is 8.43. The lowest BCUT2D eigenvalue weighted by molar-refractivity contribution is -0.126. The van der Waals surface area contributed by atoms with Gasteiger partial charge in [0.15, 0.2) is 0 Å². The SMILES string of the molecule is CCC1CCC(C(=O)CC(C)(C)c2cccc(Cl)c2Cl)CN1C. The Kier molecular flexibility index (Phi) is 6.16. The van der Waals surface area contributed by atoms with Crippen molar-refractivity contribution in [1.82, 2.24) is 4.90 Å². The Bertz CT molecular complexity index is 570. The molecule has 0 bridgehead atoms. The number of ketones is 1. The lowest BCUT2D eigenvalue weighted by Gasteiger charge is -2.37. The van der Waals surface area contributed by atoms with Crippen molar-refractivity contribution in [3.05, 3.63) is 33.8 Å². The van der Waals surface area contributed by atoms with Crippen LogP contribution >= 0.6 is 23.2 Å². The summed E-state index contributed by atoms with van der Waals surface area (Å²) in [4.78, 5) is 15.2. The summed E-state index contributed by atoms with van der Waals surface area (Å²) in [6, 6.07) is 6.28. The number of hydrogen-bond donors (Lipinski definition) is 0. The van der Waals surface area contributed by atoms with Crippen molar-refractivity contribution in [3.63, 3.8) is 0 Å². The molecule has 1 saturated heterocycles. The molecule has 0 radical (unpaired) electrons. The Labute approximate surface area is 150 Å². The van der Waals surface area contributed by atoms with Gasteiger partial charge >= 0.3 is 0 Å². The molecule has 23 heavy (non-hydrogen) atoms. The van der Waals surface area contributed by atoms with Crippen LogP contribution in [0.4, 0.5) is 0 Å². The summed E-state index contributed by atoms with van der Waals surface area (Å²) >= 11 is 12.5. The number of Topliss-reactive ketones (excluding diaryl/α,β-unsaturated/α-hetero) is 1. The molecular formula is C19H27Cl2NO. The first-order valence-corrected chi connectivity index (χ1v) is 9.19. The number of piperidine rings is 1. The van der Waals surface area contributed by atoms with Crippen LogP contribution in [0.25, 0.3) is 0 Å². The second-order valence-corrected chi connectivity index (χ2v) is 8.19. The number of nitrogens with zero attached hydrogens (tertiary/aromatic N) is 1. The summed E-state index contributed by atoms with van der Waals surface area (Å²) in [7, 11) is 2.13. The number of carbonyl (C=O) groups is 1. The van der Waals surface area contributed by atoms with E-state index in [2.05, 4.69) is 32.7 Å². The van der Waals surface area contributed by atoms with Gasteiger partial charge in [-0.3, -0.25) is 4.79 Å². The molecule has 2 unspecified atom stereocenters. The van der Waals surface area contributed by atoms with Gasteiger partial charge < -0.3 is 4.90 Å². The van der Waals surface area contributed by atoms with E-state index in [1.807, 2.05) is 12.1 Å². The van der Waals surface area contributed by atoms with Crippen molar-refractivity contribution < 1.29 is 4.79 Å². The van der Waals surface area contributed by atoms with Crippen molar-refractivity contribution >= 4 is 29.0 Å². The van der Waals surface area contributed by atoms with Crippen LogP contribution in [0, 0.1) is 5.92 Å². The minimum atomic E-state index is -0.306. The minimum absolute atomic E-state index is 0.139. The van der Waals surface area contributed by atoms with Gasteiger partial charge in [0.2, 0.25) is 0 Å². The van der Waals surface area contributed by atoms with Gasteiger partial charge in [0.25, 0.3) is 0 Å². The average molecular weight is 356 g/mol. The van der Waals surface area contributed by atoms with Gasteiger partial charge in [-0.2, -0.15) is 0 Å². The van der Waals surface area contributed by atoms with Gasteiger partial charge in [0.1, 0.15) is 5.78 Å². The highest BCUT2D eigenvalue weighted by Crippen LogP contribution is 2.38. The number of hydrogen-bond acceptors (Lipinski definition) is 2. The van der Waals surface area contributed by atoms with Crippen LogP contribution in [-0.4, -0.2) is 30.3 Å². The molecule has 1 aromatic rings. The fourth-order valence-electron chi connectivity index (χ4n) is 3.68. The molecule has 1 heterocycles. The monoisotopic (exact) mass is 355 g/mol. The van der Waals surface area contributed by atoms with Gasteiger partial charge in [0, 0.05) is 24.9 Å². The predicted molar refractivity (Wildman–Crippen MR) is 98.5 cm³/mol. The third-order valence-electron chi connectivity index (χ3n) is 5.20. The number of rotatable bonds is 5. The van der Waals surface area contributed by atoms with E-state index in [4.69, 9.17) is 23.2 Å². The largest absolute Gasteiger partial charge is 0.303 e. The van der Waals surface area contributed by atoms with Crippen molar-refractivity contribution in [2.75, 3.05) is 13.6 Å². The van der Waals surface area contributed by atoms with E-state index < -0.39 is 0 Å². The van der Waals surface area contributed by atoms with Crippen molar-refractivity contribution in [2.45, 2.75) is 57.9 Å². The highest BCUT2D eigenvalue weighted by molar-refractivity contribution is 6.42. The maximum atomic E-state index is 12.8. The second-order valence-electron chi connectivity index (χ2n) is 7.40. The van der Waals surface area contributed by atoms with Crippen LogP contribution in [0.5, 0.6) is 0 Å². The number of halogens is 2. The van der Waals surface area contributed by atoms with E-state index in [1.54, 1.807) is 6.07 Å². The zero-order chi connectivity index (χ0) is 17.2. The molecule has 1 aliphatic rings. The lowest BCUT2D eigenvalue weighted by atomic mass is 9.76. The maximum absolute atomic E-state index is 12.8. The molecule has 0 N–H and O–H groups in total. The summed E-state index contributed by atoms with van der Waals surface area (Å²) in [5.74, 6) is 0.479. The van der Waals surface area contributed by atoms with Gasteiger partial charge in [-0.25, -0.2) is 0 Å². The molecule has 2 atom stereocenters. The molecule has 0 aromatic heterocycles. The molecular weight excluding hydrogens is 329 g/mol. The molecule has 0 aliphatic carbocycles. The molecule has 0 amide bonds. The number of carbonyl (C=O) groups excluding carboxylic acids is 1. The van der Waals surface area contributed by atoms with E-state index in [-0.39, 0.29) is 11.3 Å². The zero-order valence-electron chi connectivity index (χ0n) is 14.5. The first kappa shape index (κ1) is 18.8. The van der Waals surface area contributed by atoms with Crippen LogP contribution in [-0.2, 0) is 10.2 Å². The third kappa shape index (κ3) is 4.29. The highest BCUT2D eigenvalue weighted by Gasteiger charge is 2.33. The van der Waals surface area contributed by atoms with Crippen LogP contribution in [0.3, 0.4) is 0 Å². The molecule has 2 nitrogen and oxygen atoms in total. The fraction of sp³-hybridized carbons (Fsp3) is 0.632. The van der Waals surface area contributed by atoms with Gasteiger partial charge in [-0.15, -0.1) is 0 Å². The molecule has 2 rings (SSSR count). The van der Waals surface area contributed by atoms with E-state index in [9.17, 15) is 4.79 Å². The Morgan fingerprint density at radius 1 is 1.30 bits per heavy atom. The van der Waals surface area contributed by atoms with E-state index in [0.717, 1.165) is 31.4 Å². The quantitative estimate of drug-likeness (QED) is 0.709. The summed E-state index contributed by atoms with van der Waals surface area (Å²) in [6.45, 7) is 7.23. The average Bonchev–Trinajstić information content (AvgIpc) is 2.49. The molecule has 128 valence electrons. The Hall–Kier alpha value is -0.570. The van der Waals surface area contributed by atoms with Crippen LogP contribution in [0.15, 0.2) is 18.2 Å². The third-order valence-corrected chi connectivity index (χ3v) is 6.02. The molecule has 1 fully saturated rings. The molecule has 1 aliphatic heterocycles. The number of benzene rings is 1. The van der Waals surface area contributed by atoms with Gasteiger partial charge in [-0.1, -0.05) is 56.1 Å². The van der Waals surface area contributed by atoms with Crippen molar-refractivity contribution in [3.8, 4) is 0 Å². The van der Waals surface area contributed by atoms with Crippen molar-refractivity contribution in [2.24, 2.45) is 5.92 Å². The van der Waals surface area contributed by atoms with Crippen molar-refractivity contribution in [1.29, 1.82) is 0 Å². The van der Waals surface area contributed by atoms with Crippen LogP contribution in [0.2, 0.25) is 10.0 Å². The van der Waals surface area contributed by atoms with E-state index in [1.165, 1.54) is 0 Å². The van der Waals surface area contributed by atoms with E-state index >= 15 is 0 Å². The lowest BCUT2D eigenvalue weighted by Crippen LogP contribution is -2.43. The first-order chi connectivity index (χ1) is 10.8. The second kappa shape index (κ2) is 7.55. The summed E-state index contributed by atoms with van der Waals surface area (Å²) in [5.41, 5.74) is 0.648. The topological polar surface area (TPSA) is 20.3 Å². The van der Waals surface area contributed by atoms with Gasteiger partial charge in [0.05, 0.1) is 10.0 Å². The summed E-state index contributed by atoms with van der Waals surface area (Å²) in [6.07, 6.45) is 3.77. The molecule has 1 aromatic carbocycles. The summed E-state index contributed by atoms with van der Waals surface area (Å²) in [5, 5.41) is 1.12. The predicted octanol–water partition coefficient (Wildman–Crippen LogP) is 5.35.